The van der Waals surface area contributed by atoms with Crippen molar-refractivity contribution in [2.45, 2.75) is 6.42 Å². The van der Waals surface area contributed by atoms with Gasteiger partial charge in [-0.05, 0) is 36.4 Å². The number of nitrogens with zero attached hydrogens (tertiary/aromatic N) is 3. The van der Waals surface area contributed by atoms with Crippen LogP contribution in [0.3, 0.4) is 0 Å². The molecule has 4 rings (SSSR count). The molecule has 2 heterocycles. The van der Waals surface area contributed by atoms with E-state index in [4.69, 9.17) is 9.47 Å². The third-order valence-corrected chi connectivity index (χ3v) is 4.66. The molecule has 158 valence electrons. The largest absolute Gasteiger partial charge is 0.482 e. The molecule has 2 amide bonds. The molecule has 0 fully saturated rings. The minimum absolute atomic E-state index is 0.0274. The Balaban J connectivity index is 1.31. The minimum Gasteiger partial charge on any atom is -0.482 e. The summed E-state index contributed by atoms with van der Waals surface area (Å²) < 4.78 is 12.3. The second kappa shape index (κ2) is 8.70. The molecule has 2 aromatic carbocycles. The highest BCUT2D eigenvalue weighted by Gasteiger charge is 2.25. The molecule has 0 radical (unpaired) electrons. The maximum atomic E-state index is 12.3. The van der Waals surface area contributed by atoms with Crippen LogP contribution in [-0.2, 0) is 16.6 Å². The van der Waals surface area contributed by atoms with Crippen LogP contribution in [0.2, 0.25) is 0 Å². The first-order valence-electron chi connectivity index (χ1n) is 9.62. The van der Waals surface area contributed by atoms with Crippen molar-refractivity contribution in [2.75, 3.05) is 23.4 Å². The summed E-state index contributed by atoms with van der Waals surface area (Å²) in [5.74, 6) is -0.00472. The molecule has 1 aliphatic heterocycles. The van der Waals surface area contributed by atoms with Gasteiger partial charge in [-0.1, -0.05) is 12.1 Å². The van der Waals surface area contributed by atoms with E-state index < -0.39 is 5.97 Å². The molecule has 0 bridgehead atoms. The first kappa shape index (κ1) is 20.1. The number of carbonyl (C=O) groups is 3. The molecule has 0 aliphatic carbocycles. The van der Waals surface area contributed by atoms with E-state index in [0.717, 1.165) is 0 Å². The van der Waals surface area contributed by atoms with Crippen LogP contribution in [-0.4, -0.2) is 40.7 Å². The van der Waals surface area contributed by atoms with Crippen molar-refractivity contribution in [1.29, 1.82) is 0 Å². The molecule has 3 aromatic rings. The van der Waals surface area contributed by atoms with Crippen molar-refractivity contribution >= 4 is 29.2 Å². The number of fused-ring (bicyclic) bond motifs is 1. The third kappa shape index (κ3) is 4.72. The van der Waals surface area contributed by atoms with Crippen LogP contribution in [0.15, 0.2) is 60.9 Å². The Morgan fingerprint density at radius 1 is 1.16 bits per heavy atom. The normalized spacial score (nSPS) is 12.7. The quantitative estimate of drug-likeness (QED) is 0.485. The Bertz CT molecular complexity index is 1120. The van der Waals surface area contributed by atoms with Gasteiger partial charge in [0.15, 0.2) is 6.61 Å². The van der Waals surface area contributed by atoms with Gasteiger partial charge in [0.05, 0.1) is 23.9 Å². The van der Waals surface area contributed by atoms with E-state index in [9.17, 15) is 14.4 Å². The number of aryl methyl sites for hydroxylation is 1. The molecule has 1 N–H and O–H groups in total. The molecule has 1 aromatic heterocycles. The predicted octanol–water partition coefficient (Wildman–Crippen LogP) is 2.39. The van der Waals surface area contributed by atoms with Gasteiger partial charge in [-0.2, -0.15) is 5.10 Å². The summed E-state index contributed by atoms with van der Waals surface area (Å²) >= 11 is 0. The summed E-state index contributed by atoms with van der Waals surface area (Å²) in [6, 6.07) is 13.6. The maximum absolute atomic E-state index is 12.3. The number of hydrogen-bond acceptors (Lipinski definition) is 6. The van der Waals surface area contributed by atoms with Gasteiger partial charge in [-0.3, -0.25) is 19.1 Å². The van der Waals surface area contributed by atoms with E-state index in [-0.39, 0.29) is 31.4 Å². The lowest BCUT2D eigenvalue weighted by molar-refractivity contribution is -0.134. The van der Waals surface area contributed by atoms with Crippen molar-refractivity contribution in [1.82, 2.24) is 9.78 Å². The summed E-state index contributed by atoms with van der Waals surface area (Å²) in [5.41, 5.74) is 1.64. The number of esters is 1. The van der Waals surface area contributed by atoms with Crippen molar-refractivity contribution in [3.63, 3.8) is 0 Å². The first-order valence-corrected chi connectivity index (χ1v) is 9.62. The van der Waals surface area contributed by atoms with Gasteiger partial charge in [0.1, 0.15) is 11.5 Å². The highest BCUT2D eigenvalue weighted by atomic mass is 16.5. The van der Waals surface area contributed by atoms with Crippen molar-refractivity contribution < 1.29 is 23.9 Å². The lowest BCUT2D eigenvalue weighted by Crippen LogP contribution is -2.40. The third-order valence-electron chi connectivity index (χ3n) is 4.66. The van der Waals surface area contributed by atoms with Gasteiger partial charge in [0.2, 0.25) is 0 Å². The average Bonchev–Trinajstić information content (AvgIpc) is 3.21. The highest BCUT2D eigenvalue weighted by molar-refractivity contribution is 6.04. The molecule has 0 saturated heterocycles. The zero-order valence-corrected chi connectivity index (χ0v) is 16.8. The second-order valence-corrected chi connectivity index (χ2v) is 6.91. The van der Waals surface area contributed by atoms with E-state index in [1.807, 2.05) is 6.07 Å². The fourth-order valence-corrected chi connectivity index (χ4v) is 3.13. The van der Waals surface area contributed by atoms with Crippen LogP contribution in [0.25, 0.3) is 0 Å². The highest BCUT2D eigenvalue weighted by Crippen LogP contribution is 2.31. The number of anilines is 2. The first-order chi connectivity index (χ1) is 15.0. The Morgan fingerprint density at radius 2 is 1.94 bits per heavy atom. The lowest BCUT2D eigenvalue weighted by atomic mass is 10.2. The molecular formula is C22H20N4O5. The molecule has 9 heteroatoms. The summed E-state index contributed by atoms with van der Waals surface area (Å²) in [7, 11) is 1.73. The number of amides is 2. The van der Waals surface area contributed by atoms with Crippen LogP contribution in [0.5, 0.6) is 11.5 Å². The zero-order valence-electron chi connectivity index (χ0n) is 16.8. The van der Waals surface area contributed by atoms with E-state index in [1.54, 1.807) is 60.4 Å². The van der Waals surface area contributed by atoms with Crippen molar-refractivity contribution in [3.8, 4) is 11.5 Å². The average molecular weight is 420 g/mol. The topological polar surface area (TPSA) is 103 Å². The summed E-state index contributed by atoms with van der Waals surface area (Å²) in [5, 5.41) is 6.71. The smallest absolute Gasteiger partial charge is 0.312 e. The Labute approximate surface area is 178 Å². The van der Waals surface area contributed by atoms with Gasteiger partial charge in [0, 0.05) is 25.5 Å². The second-order valence-electron chi connectivity index (χ2n) is 6.91. The Kier molecular flexibility index (Phi) is 5.65. The van der Waals surface area contributed by atoms with Gasteiger partial charge < -0.3 is 19.7 Å². The van der Waals surface area contributed by atoms with E-state index in [1.165, 1.54) is 11.1 Å². The number of rotatable bonds is 6. The van der Waals surface area contributed by atoms with Crippen molar-refractivity contribution in [3.05, 3.63) is 66.5 Å². The van der Waals surface area contributed by atoms with Gasteiger partial charge >= 0.3 is 5.97 Å². The van der Waals surface area contributed by atoms with Crippen LogP contribution in [0.4, 0.5) is 11.4 Å². The lowest BCUT2D eigenvalue weighted by Gasteiger charge is -2.28. The number of carbonyl (C=O) groups excluding carboxylic acids is 3. The van der Waals surface area contributed by atoms with Crippen LogP contribution in [0, 0.1) is 0 Å². The molecule has 9 nitrogen and oxygen atoms in total. The van der Waals surface area contributed by atoms with Crippen LogP contribution in [0.1, 0.15) is 16.8 Å². The van der Waals surface area contributed by atoms with Gasteiger partial charge in [0.25, 0.3) is 11.8 Å². The molecule has 0 saturated carbocycles. The molecule has 1 aliphatic rings. The van der Waals surface area contributed by atoms with Crippen LogP contribution < -0.4 is 19.7 Å². The Hall–Kier alpha value is -4.14. The summed E-state index contributed by atoms with van der Waals surface area (Å²) in [6.07, 6.45) is 3.12. The molecule has 0 spiro atoms. The van der Waals surface area contributed by atoms with Crippen LogP contribution >= 0.6 is 0 Å². The minimum atomic E-state index is -0.469. The van der Waals surface area contributed by atoms with Gasteiger partial charge in [-0.25, -0.2) is 0 Å². The molecule has 0 atom stereocenters. The van der Waals surface area contributed by atoms with E-state index in [2.05, 4.69) is 10.4 Å². The number of para-hydroxylation sites is 2. The maximum Gasteiger partial charge on any atom is 0.312 e. The van der Waals surface area contributed by atoms with Gasteiger partial charge in [-0.15, -0.1) is 0 Å². The molecule has 31 heavy (non-hydrogen) atoms. The molecular weight excluding hydrogens is 400 g/mol. The Morgan fingerprint density at radius 3 is 2.68 bits per heavy atom. The fourth-order valence-electron chi connectivity index (χ4n) is 3.13. The van der Waals surface area contributed by atoms with E-state index >= 15 is 0 Å². The number of nitrogens with one attached hydrogen (secondary N) is 1. The molecule has 0 unspecified atom stereocenters. The monoisotopic (exact) mass is 420 g/mol. The standard InChI is InChI=1S/C22H20N4O5/c1-25-13-15(12-23-25)22(29)24-16-6-8-17(9-7-16)31-21(28)10-11-26-18-4-2-3-5-19(18)30-14-20(26)27/h2-9,12-13H,10-11,14H2,1H3,(H,24,29). The SMILES string of the molecule is Cn1cc(C(=O)Nc2ccc(OC(=O)CCN3C(=O)COc4ccccc43)cc2)cn1. The number of hydrogen-bond donors (Lipinski definition) is 1. The predicted molar refractivity (Wildman–Crippen MR) is 112 cm³/mol. The fraction of sp³-hybridized carbons (Fsp3) is 0.182. The number of benzene rings is 2. The van der Waals surface area contributed by atoms with E-state index in [0.29, 0.717) is 28.4 Å². The number of ether oxygens (including phenoxy) is 2. The summed E-state index contributed by atoms with van der Waals surface area (Å²) in [6.45, 7) is 0.135. The van der Waals surface area contributed by atoms with Crippen molar-refractivity contribution in [2.24, 2.45) is 7.05 Å². The number of aromatic nitrogens is 2. The zero-order chi connectivity index (χ0) is 21.8. The summed E-state index contributed by atoms with van der Waals surface area (Å²) in [4.78, 5) is 38.1.